The van der Waals surface area contributed by atoms with E-state index in [1.54, 1.807) is 0 Å². The van der Waals surface area contributed by atoms with Gasteiger partial charge in [-0.3, -0.25) is 0 Å². The molecule has 0 saturated carbocycles. The van der Waals surface area contributed by atoms with Crippen LogP contribution < -0.4 is 10.2 Å². The van der Waals surface area contributed by atoms with Gasteiger partial charge in [-0.25, -0.2) is 0 Å². The Hall–Kier alpha value is -0.540. The van der Waals surface area contributed by atoms with Gasteiger partial charge in [-0.05, 0) is 51.0 Å². The zero-order valence-electron chi connectivity index (χ0n) is 10.8. The Bertz CT molecular complexity index is 392. The van der Waals surface area contributed by atoms with Gasteiger partial charge in [0.1, 0.15) is 0 Å². The second-order valence-electron chi connectivity index (χ2n) is 5.07. The van der Waals surface area contributed by atoms with E-state index in [1.807, 2.05) is 0 Å². The van der Waals surface area contributed by atoms with Crippen molar-refractivity contribution in [3.05, 3.63) is 28.2 Å². The topological polar surface area (TPSA) is 15.3 Å². The smallest absolute Gasteiger partial charge is 0.0386 e. The molecule has 1 N–H and O–H groups in total. The van der Waals surface area contributed by atoms with E-state index in [0.717, 1.165) is 13.1 Å². The van der Waals surface area contributed by atoms with E-state index in [2.05, 4.69) is 65.1 Å². The van der Waals surface area contributed by atoms with Crippen LogP contribution in [0.2, 0.25) is 0 Å². The number of hydrogen-bond acceptors (Lipinski definition) is 2. The lowest BCUT2D eigenvalue weighted by atomic mass is 10.1. The van der Waals surface area contributed by atoms with Gasteiger partial charge in [0.05, 0.1) is 0 Å². The summed E-state index contributed by atoms with van der Waals surface area (Å²) >= 11 is 3.56. The van der Waals surface area contributed by atoms with Gasteiger partial charge in [0.2, 0.25) is 0 Å². The van der Waals surface area contributed by atoms with Crippen LogP contribution >= 0.6 is 15.9 Å². The SMILES string of the molecule is Cc1cc(N2CCC(C)NCC2C)ccc1Br. The van der Waals surface area contributed by atoms with Crippen molar-refractivity contribution in [2.75, 3.05) is 18.0 Å². The highest BCUT2D eigenvalue weighted by molar-refractivity contribution is 9.10. The highest BCUT2D eigenvalue weighted by atomic mass is 79.9. The largest absolute Gasteiger partial charge is 0.367 e. The van der Waals surface area contributed by atoms with Crippen LogP contribution in [0.15, 0.2) is 22.7 Å². The third-order valence-corrected chi connectivity index (χ3v) is 4.46. The maximum Gasteiger partial charge on any atom is 0.0386 e. The number of nitrogens with one attached hydrogen (secondary N) is 1. The van der Waals surface area contributed by atoms with Gasteiger partial charge in [-0.2, -0.15) is 0 Å². The van der Waals surface area contributed by atoms with Crippen LogP contribution in [0.4, 0.5) is 5.69 Å². The minimum Gasteiger partial charge on any atom is -0.367 e. The number of benzene rings is 1. The highest BCUT2D eigenvalue weighted by Crippen LogP contribution is 2.25. The first-order chi connectivity index (χ1) is 8.08. The summed E-state index contributed by atoms with van der Waals surface area (Å²) in [6.45, 7) is 8.91. The molecule has 1 aliphatic heterocycles. The van der Waals surface area contributed by atoms with Crippen LogP contribution in [0.5, 0.6) is 0 Å². The van der Waals surface area contributed by atoms with Gasteiger partial charge in [0.25, 0.3) is 0 Å². The Morgan fingerprint density at radius 2 is 2.12 bits per heavy atom. The first-order valence-electron chi connectivity index (χ1n) is 6.34. The molecule has 1 fully saturated rings. The molecular formula is C14H21BrN2. The van der Waals surface area contributed by atoms with Crippen molar-refractivity contribution < 1.29 is 0 Å². The van der Waals surface area contributed by atoms with Gasteiger partial charge in [0.15, 0.2) is 0 Å². The molecule has 1 aliphatic rings. The number of halogens is 1. The van der Waals surface area contributed by atoms with E-state index in [0.29, 0.717) is 12.1 Å². The molecule has 0 radical (unpaired) electrons. The van der Waals surface area contributed by atoms with E-state index in [-0.39, 0.29) is 0 Å². The van der Waals surface area contributed by atoms with Gasteiger partial charge in [-0.1, -0.05) is 15.9 Å². The molecule has 0 aromatic heterocycles. The molecule has 1 aromatic carbocycles. The van der Waals surface area contributed by atoms with Crippen molar-refractivity contribution in [3.8, 4) is 0 Å². The molecular weight excluding hydrogens is 276 g/mol. The number of nitrogens with zero attached hydrogens (tertiary/aromatic N) is 1. The second kappa shape index (κ2) is 5.40. The summed E-state index contributed by atoms with van der Waals surface area (Å²) in [5, 5.41) is 3.57. The molecule has 0 aliphatic carbocycles. The molecule has 2 atom stereocenters. The lowest BCUT2D eigenvalue weighted by Crippen LogP contribution is -2.38. The van der Waals surface area contributed by atoms with Crippen molar-refractivity contribution in [1.29, 1.82) is 0 Å². The van der Waals surface area contributed by atoms with E-state index < -0.39 is 0 Å². The molecule has 0 amide bonds. The normalized spacial score (nSPS) is 25.8. The van der Waals surface area contributed by atoms with E-state index >= 15 is 0 Å². The number of rotatable bonds is 1. The predicted molar refractivity (Wildman–Crippen MR) is 77.8 cm³/mol. The summed E-state index contributed by atoms with van der Waals surface area (Å²) in [6.07, 6.45) is 1.21. The molecule has 2 unspecified atom stereocenters. The Morgan fingerprint density at radius 1 is 1.35 bits per heavy atom. The number of aryl methyl sites for hydroxylation is 1. The maximum absolute atomic E-state index is 3.57. The molecule has 17 heavy (non-hydrogen) atoms. The molecule has 0 bridgehead atoms. The Balaban J connectivity index is 2.22. The minimum absolute atomic E-state index is 0.556. The van der Waals surface area contributed by atoms with Crippen LogP contribution in [-0.4, -0.2) is 25.2 Å². The van der Waals surface area contributed by atoms with Crippen LogP contribution in [-0.2, 0) is 0 Å². The summed E-state index contributed by atoms with van der Waals surface area (Å²) in [4.78, 5) is 2.51. The summed E-state index contributed by atoms with van der Waals surface area (Å²) in [6, 6.07) is 7.82. The minimum atomic E-state index is 0.556. The Kier molecular flexibility index (Phi) is 4.10. The average Bonchev–Trinajstić information content (AvgIpc) is 2.46. The predicted octanol–water partition coefficient (Wildman–Crippen LogP) is 3.33. The Morgan fingerprint density at radius 3 is 2.82 bits per heavy atom. The summed E-state index contributed by atoms with van der Waals surface area (Å²) in [5.41, 5.74) is 2.65. The van der Waals surface area contributed by atoms with E-state index in [9.17, 15) is 0 Å². The van der Waals surface area contributed by atoms with Crippen LogP contribution in [0, 0.1) is 6.92 Å². The van der Waals surface area contributed by atoms with Crippen molar-refractivity contribution >= 4 is 21.6 Å². The molecule has 2 nitrogen and oxygen atoms in total. The number of hydrogen-bond donors (Lipinski definition) is 1. The summed E-state index contributed by atoms with van der Waals surface area (Å²) in [7, 11) is 0. The van der Waals surface area contributed by atoms with Crippen molar-refractivity contribution in [2.24, 2.45) is 0 Å². The van der Waals surface area contributed by atoms with Gasteiger partial charge in [-0.15, -0.1) is 0 Å². The standard InChI is InChI=1S/C14H21BrN2/c1-10-8-13(4-5-14(10)15)17-7-6-11(2)16-9-12(17)3/h4-5,8,11-12,16H,6-7,9H2,1-3H3. The monoisotopic (exact) mass is 296 g/mol. The summed E-state index contributed by atoms with van der Waals surface area (Å²) in [5.74, 6) is 0. The molecule has 2 rings (SSSR count). The molecule has 3 heteroatoms. The van der Waals surface area contributed by atoms with Gasteiger partial charge < -0.3 is 10.2 Å². The van der Waals surface area contributed by atoms with Crippen LogP contribution in [0.25, 0.3) is 0 Å². The quantitative estimate of drug-likeness (QED) is 0.855. The zero-order valence-corrected chi connectivity index (χ0v) is 12.4. The molecule has 0 spiro atoms. The van der Waals surface area contributed by atoms with Crippen molar-refractivity contribution in [2.45, 2.75) is 39.3 Å². The number of anilines is 1. The lowest BCUT2D eigenvalue weighted by molar-refractivity contribution is 0.548. The average molecular weight is 297 g/mol. The van der Waals surface area contributed by atoms with Crippen LogP contribution in [0.1, 0.15) is 25.8 Å². The van der Waals surface area contributed by atoms with Crippen molar-refractivity contribution in [1.82, 2.24) is 5.32 Å². The molecule has 94 valence electrons. The fourth-order valence-corrected chi connectivity index (χ4v) is 2.57. The molecule has 1 aromatic rings. The third-order valence-electron chi connectivity index (χ3n) is 3.57. The van der Waals surface area contributed by atoms with Crippen LogP contribution in [0.3, 0.4) is 0 Å². The molecule has 1 saturated heterocycles. The fraction of sp³-hybridized carbons (Fsp3) is 0.571. The fourth-order valence-electron chi connectivity index (χ4n) is 2.33. The highest BCUT2D eigenvalue weighted by Gasteiger charge is 2.20. The van der Waals surface area contributed by atoms with E-state index in [4.69, 9.17) is 0 Å². The maximum atomic E-state index is 3.57. The van der Waals surface area contributed by atoms with Crippen molar-refractivity contribution in [3.63, 3.8) is 0 Å². The zero-order chi connectivity index (χ0) is 12.4. The first-order valence-corrected chi connectivity index (χ1v) is 7.13. The molecule has 1 heterocycles. The lowest BCUT2D eigenvalue weighted by Gasteiger charge is -2.29. The van der Waals surface area contributed by atoms with Gasteiger partial charge >= 0.3 is 0 Å². The Labute approximate surface area is 113 Å². The van der Waals surface area contributed by atoms with E-state index in [1.165, 1.54) is 22.1 Å². The third kappa shape index (κ3) is 3.02. The second-order valence-corrected chi connectivity index (χ2v) is 5.93. The summed E-state index contributed by atoms with van der Waals surface area (Å²) < 4.78 is 1.19. The van der Waals surface area contributed by atoms with Gasteiger partial charge in [0, 0.05) is 35.3 Å². The first kappa shape index (κ1) is 12.9.